The SMILES string of the molecule is CC/C(=C/c1cc([N+](=O)[O-])ccc1F)CNC(C)(C)C. The third kappa shape index (κ3) is 5.09. The highest BCUT2D eigenvalue weighted by Crippen LogP contribution is 2.20. The molecule has 1 aromatic rings. The third-order valence-electron chi connectivity index (χ3n) is 2.85. The highest BCUT2D eigenvalue weighted by molar-refractivity contribution is 5.57. The first-order valence-electron chi connectivity index (χ1n) is 6.61. The Bertz CT molecular complexity index is 519. The van der Waals surface area contributed by atoms with Gasteiger partial charge >= 0.3 is 0 Å². The van der Waals surface area contributed by atoms with Gasteiger partial charge in [-0.25, -0.2) is 4.39 Å². The Morgan fingerprint density at radius 3 is 2.60 bits per heavy atom. The van der Waals surface area contributed by atoms with Gasteiger partial charge in [0.15, 0.2) is 0 Å². The van der Waals surface area contributed by atoms with Crippen LogP contribution in [0.4, 0.5) is 10.1 Å². The van der Waals surface area contributed by atoms with Crippen LogP contribution in [0.1, 0.15) is 39.7 Å². The van der Waals surface area contributed by atoms with E-state index in [4.69, 9.17) is 0 Å². The minimum atomic E-state index is -0.518. The summed E-state index contributed by atoms with van der Waals surface area (Å²) >= 11 is 0. The molecular weight excluding hydrogens is 259 g/mol. The van der Waals surface area contributed by atoms with Crippen LogP contribution < -0.4 is 5.32 Å². The molecule has 110 valence electrons. The lowest BCUT2D eigenvalue weighted by molar-refractivity contribution is -0.384. The maximum atomic E-state index is 13.7. The van der Waals surface area contributed by atoms with Crippen LogP contribution in [0.3, 0.4) is 0 Å². The number of hydrogen-bond acceptors (Lipinski definition) is 3. The van der Waals surface area contributed by atoms with Crippen LogP contribution in [0.5, 0.6) is 0 Å². The molecule has 1 rings (SSSR count). The third-order valence-corrected chi connectivity index (χ3v) is 2.85. The van der Waals surface area contributed by atoms with E-state index < -0.39 is 10.7 Å². The van der Waals surface area contributed by atoms with Crippen LogP contribution in [0.2, 0.25) is 0 Å². The monoisotopic (exact) mass is 280 g/mol. The van der Waals surface area contributed by atoms with Crippen molar-refractivity contribution in [3.63, 3.8) is 0 Å². The molecule has 0 aliphatic rings. The Hall–Kier alpha value is -1.75. The number of hydrogen-bond donors (Lipinski definition) is 1. The summed E-state index contributed by atoms with van der Waals surface area (Å²) < 4.78 is 13.7. The summed E-state index contributed by atoms with van der Waals surface area (Å²) in [5.41, 5.74) is 1.12. The summed E-state index contributed by atoms with van der Waals surface area (Å²) in [7, 11) is 0. The smallest absolute Gasteiger partial charge is 0.270 e. The molecule has 20 heavy (non-hydrogen) atoms. The zero-order valence-electron chi connectivity index (χ0n) is 12.4. The van der Waals surface area contributed by atoms with Gasteiger partial charge in [0.1, 0.15) is 5.82 Å². The summed E-state index contributed by atoms with van der Waals surface area (Å²) in [5.74, 6) is -0.447. The minimum Gasteiger partial charge on any atom is -0.308 e. The predicted octanol–water partition coefficient (Wildman–Crippen LogP) is 3.92. The van der Waals surface area contributed by atoms with Gasteiger partial charge < -0.3 is 5.32 Å². The van der Waals surface area contributed by atoms with E-state index in [0.717, 1.165) is 18.1 Å². The summed E-state index contributed by atoms with van der Waals surface area (Å²) in [4.78, 5) is 10.2. The van der Waals surface area contributed by atoms with Gasteiger partial charge in [-0.2, -0.15) is 0 Å². The molecule has 5 heteroatoms. The van der Waals surface area contributed by atoms with Crippen LogP contribution >= 0.6 is 0 Å². The standard InChI is InChI=1S/C15H21FN2O2/c1-5-11(10-17-15(2,3)4)8-12-9-13(18(19)20)6-7-14(12)16/h6-9,17H,5,10H2,1-4H3/b11-8-. The fourth-order valence-corrected chi connectivity index (χ4v) is 1.63. The Balaban J connectivity index is 3.00. The van der Waals surface area contributed by atoms with E-state index >= 15 is 0 Å². The topological polar surface area (TPSA) is 55.2 Å². The highest BCUT2D eigenvalue weighted by Gasteiger charge is 2.12. The molecule has 0 spiro atoms. The average molecular weight is 280 g/mol. The van der Waals surface area contributed by atoms with E-state index in [0.29, 0.717) is 6.54 Å². The van der Waals surface area contributed by atoms with Crippen molar-refractivity contribution in [1.82, 2.24) is 5.32 Å². The number of nitro groups is 1. The molecule has 4 nitrogen and oxygen atoms in total. The lowest BCUT2D eigenvalue weighted by Crippen LogP contribution is -2.36. The maximum absolute atomic E-state index is 13.7. The van der Waals surface area contributed by atoms with Crippen LogP contribution in [0.15, 0.2) is 23.8 Å². The fraction of sp³-hybridized carbons (Fsp3) is 0.467. The summed E-state index contributed by atoms with van der Waals surface area (Å²) in [5, 5.41) is 14.1. The lowest BCUT2D eigenvalue weighted by atomic mass is 10.0. The van der Waals surface area contributed by atoms with E-state index in [-0.39, 0.29) is 16.8 Å². The Morgan fingerprint density at radius 1 is 1.45 bits per heavy atom. The van der Waals surface area contributed by atoms with Gasteiger partial charge in [0.25, 0.3) is 5.69 Å². The molecule has 0 heterocycles. The molecule has 1 N–H and O–H groups in total. The second kappa shape index (κ2) is 6.61. The molecule has 0 saturated carbocycles. The van der Waals surface area contributed by atoms with Crippen molar-refractivity contribution in [2.45, 2.75) is 39.7 Å². The number of nitro benzene ring substituents is 1. The summed E-state index contributed by atoms with van der Waals surface area (Å²) in [6, 6.07) is 3.57. The molecule has 0 saturated heterocycles. The van der Waals surface area contributed by atoms with Gasteiger partial charge in [-0.1, -0.05) is 18.6 Å². The number of halogens is 1. The van der Waals surface area contributed by atoms with Gasteiger partial charge in [-0.05, 0) is 33.3 Å². The number of rotatable bonds is 5. The van der Waals surface area contributed by atoms with Crippen molar-refractivity contribution in [1.29, 1.82) is 0 Å². The zero-order valence-corrected chi connectivity index (χ0v) is 12.4. The maximum Gasteiger partial charge on any atom is 0.270 e. The first-order chi connectivity index (χ1) is 9.23. The van der Waals surface area contributed by atoms with Crippen molar-refractivity contribution in [3.8, 4) is 0 Å². The number of non-ortho nitro benzene ring substituents is 1. The molecule has 0 aliphatic heterocycles. The molecule has 0 atom stereocenters. The van der Waals surface area contributed by atoms with Gasteiger partial charge in [0.05, 0.1) is 4.92 Å². The Morgan fingerprint density at radius 2 is 2.10 bits per heavy atom. The second-order valence-electron chi connectivity index (χ2n) is 5.72. The quantitative estimate of drug-likeness (QED) is 0.657. The number of nitrogens with one attached hydrogen (secondary N) is 1. The Labute approximate surface area is 118 Å². The van der Waals surface area contributed by atoms with E-state index in [9.17, 15) is 14.5 Å². The first-order valence-corrected chi connectivity index (χ1v) is 6.61. The van der Waals surface area contributed by atoms with Gasteiger partial charge in [-0.3, -0.25) is 10.1 Å². The lowest BCUT2D eigenvalue weighted by Gasteiger charge is -2.21. The van der Waals surface area contributed by atoms with Gasteiger partial charge in [-0.15, -0.1) is 0 Å². The molecule has 0 radical (unpaired) electrons. The molecule has 0 unspecified atom stereocenters. The molecular formula is C15H21FN2O2. The molecule has 1 aromatic carbocycles. The zero-order chi connectivity index (χ0) is 15.3. The first kappa shape index (κ1) is 16.3. The van der Waals surface area contributed by atoms with Crippen LogP contribution in [-0.4, -0.2) is 17.0 Å². The van der Waals surface area contributed by atoms with E-state index in [1.165, 1.54) is 12.1 Å². The molecule has 0 aliphatic carbocycles. The van der Waals surface area contributed by atoms with Crippen molar-refractivity contribution in [3.05, 3.63) is 45.3 Å². The average Bonchev–Trinajstić information content (AvgIpc) is 2.35. The van der Waals surface area contributed by atoms with Crippen LogP contribution in [-0.2, 0) is 0 Å². The van der Waals surface area contributed by atoms with Gasteiger partial charge in [0, 0.05) is 29.8 Å². The summed E-state index contributed by atoms with van der Waals surface area (Å²) in [6.07, 6.45) is 2.44. The number of nitrogens with zero attached hydrogens (tertiary/aromatic N) is 1. The fourth-order valence-electron chi connectivity index (χ4n) is 1.63. The van der Waals surface area contributed by atoms with Crippen LogP contribution in [0.25, 0.3) is 6.08 Å². The normalized spacial score (nSPS) is 12.6. The van der Waals surface area contributed by atoms with Crippen molar-refractivity contribution in [2.24, 2.45) is 0 Å². The van der Waals surface area contributed by atoms with E-state index in [1.807, 2.05) is 27.7 Å². The summed E-state index contributed by atoms with van der Waals surface area (Å²) in [6.45, 7) is 8.75. The number of benzene rings is 1. The molecule has 0 aromatic heterocycles. The van der Waals surface area contributed by atoms with Gasteiger partial charge in [0.2, 0.25) is 0 Å². The second-order valence-corrected chi connectivity index (χ2v) is 5.72. The minimum absolute atomic E-state index is 0.0323. The van der Waals surface area contributed by atoms with Crippen LogP contribution in [0, 0.1) is 15.9 Å². The highest BCUT2D eigenvalue weighted by atomic mass is 19.1. The predicted molar refractivity (Wildman–Crippen MR) is 79.1 cm³/mol. The molecule has 0 fully saturated rings. The molecule has 0 bridgehead atoms. The van der Waals surface area contributed by atoms with Crippen molar-refractivity contribution in [2.75, 3.05) is 6.54 Å². The van der Waals surface area contributed by atoms with Crippen molar-refractivity contribution >= 4 is 11.8 Å². The van der Waals surface area contributed by atoms with E-state index in [2.05, 4.69) is 5.32 Å². The van der Waals surface area contributed by atoms with Crippen molar-refractivity contribution < 1.29 is 9.31 Å². The van der Waals surface area contributed by atoms with E-state index in [1.54, 1.807) is 6.08 Å². The largest absolute Gasteiger partial charge is 0.308 e. The molecule has 0 amide bonds. The Kier molecular flexibility index (Phi) is 5.39.